The van der Waals surface area contributed by atoms with Crippen molar-refractivity contribution in [3.8, 4) is 33.3 Å². The molecule has 0 aliphatic carbocycles. The predicted octanol–water partition coefficient (Wildman–Crippen LogP) is 3.02. The van der Waals surface area contributed by atoms with Crippen LogP contribution in [0.25, 0.3) is 32.9 Å². The van der Waals surface area contributed by atoms with Gasteiger partial charge in [-0.05, 0) is 30.3 Å². The molecule has 0 spiro atoms. The number of nitrogens with one attached hydrogen (secondary N) is 2. The fourth-order valence-electron chi connectivity index (χ4n) is 2.78. The summed E-state index contributed by atoms with van der Waals surface area (Å²) >= 11 is 1.50. The molecular formula is C19H15N3O4S. The number of hydrogen-bond donors (Lipinski definition) is 2. The maximum Gasteiger partial charge on any atom is 0.314 e. The third kappa shape index (κ3) is 3.11. The Kier molecular flexibility index (Phi) is 4.25. The Morgan fingerprint density at radius 1 is 0.852 bits per heavy atom. The lowest BCUT2D eigenvalue weighted by atomic mass is 10.1. The molecule has 0 fully saturated rings. The van der Waals surface area contributed by atoms with E-state index in [-0.39, 0.29) is 0 Å². The summed E-state index contributed by atoms with van der Waals surface area (Å²) < 4.78 is 10.6. The van der Waals surface area contributed by atoms with Crippen molar-refractivity contribution in [3.05, 3.63) is 62.5 Å². The molecule has 4 aromatic rings. The summed E-state index contributed by atoms with van der Waals surface area (Å²) in [6.45, 7) is 0. The van der Waals surface area contributed by atoms with Crippen molar-refractivity contribution >= 4 is 22.4 Å². The molecule has 0 saturated carbocycles. The van der Waals surface area contributed by atoms with Gasteiger partial charge >= 0.3 is 11.1 Å². The molecule has 0 amide bonds. The first-order valence-corrected chi connectivity index (χ1v) is 8.91. The van der Waals surface area contributed by atoms with Crippen LogP contribution in [-0.4, -0.2) is 29.2 Å². The number of methoxy groups -OCH3 is 2. The van der Waals surface area contributed by atoms with E-state index in [9.17, 15) is 9.59 Å². The van der Waals surface area contributed by atoms with Gasteiger partial charge in [-0.2, -0.15) is 0 Å². The Labute approximate surface area is 157 Å². The number of aromatic nitrogens is 3. The van der Waals surface area contributed by atoms with E-state index in [1.807, 2.05) is 29.6 Å². The molecule has 0 unspecified atom stereocenters. The molecular weight excluding hydrogens is 366 g/mol. The monoisotopic (exact) mass is 381 g/mol. The lowest BCUT2D eigenvalue weighted by Crippen LogP contribution is -2.28. The van der Waals surface area contributed by atoms with E-state index in [1.165, 1.54) is 11.3 Å². The summed E-state index contributed by atoms with van der Waals surface area (Å²) in [5, 5.41) is 2.78. The smallest absolute Gasteiger partial charge is 0.314 e. The second-order valence-corrected chi connectivity index (χ2v) is 6.63. The SMILES string of the molecule is COc1ccc(-c2nc(-c3ccc4[nH]c(=O)c(=O)[nH]c4c3)cs2)cc1OC. The summed E-state index contributed by atoms with van der Waals surface area (Å²) in [6, 6.07) is 11.0. The van der Waals surface area contributed by atoms with Gasteiger partial charge in [0.05, 0.1) is 30.9 Å². The number of ether oxygens (including phenoxy) is 2. The molecule has 0 atom stereocenters. The van der Waals surface area contributed by atoms with E-state index in [4.69, 9.17) is 9.47 Å². The quantitative estimate of drug-likeness (QED) is 0.530. The Hall–Kier alpha value is -3.39. The Morgan fingerprint density at radius 3 is 2.30 bits per heavy atom. The third-order valence-electron chi connectivity index (χ3n) is 4.15. The van der Waals surface area contributed by atoms with Crippen molar-refractivity contribution in [1.29, 1.82) is 0 Å². The van der Waals surface area contributed by atoms with Gasteiger partial charge in [0, 0.05) is 16.5 Å². The molecule has 2 aromatic carbocycles. The first-order chi connectivity index (χ1) is 13.1. The lowest BCUT2D eigenvalue weighted by molar-refractivity contribution is 0.355. The molecule has 0 saturated heterocycles. The average Bonchev–Trinajstić information content (AvgIpc) is 3.18. The Bertz CT molecular complexity index is 1260. The zero-order valence-corrected chi connectivity index (χ0v) is 15.3. The van der Waals surface area contributed by atoms with Crippen LogP contribution in [0.4, 0.5) is 0 Å². The fraction of sp³-hybridized carbons (Fsp3) is 0.105. The number of rotatable bonds is 4. The van der Waals surface area contributed by atoms with Crippen LogP contribution in [0.1, 0.15) is 0 Å². The highest BCUT2D eigenvalue weighted by atomic mass is 32.1. The second-order valence-electron chi connectivity index (χ2n) is 5.78. The van der Waals surface area contributed by atoms with Crippen LogP contribution in [0, 0.1) is 0 Å². The molecule has 2 heterocycles. The molecule has 2 N–H and O–H groups in total. The van der Waals surface area contributed by atoms with Gasteiger partial charge in [-0.25, -0.2) is 4.98 Å². The van der Waals surface area contributed by atoms with Crippen LogP contribution in [-0.2, 0) is 0 Å². The Balaban J connectivity index is 1.74. The van der Waals surface area contributed by atoms with Crippen molar-refractivity contribution in [2.75, 3.05) is 14.2 Å². The summed E-state index contributed by atoms with van der Waals surface area (Å²) in [5.41, 5.74) is 2.31. The topological polar surface area (TPSA) is 97.1 Å². The second kappa shape index (κ2) is 6.73. The highest BCUT2D eigenvalue weighted by molar-refractivity contribution is 7.13. The molecule has 7 nitrogen and oxygen atoms in total. The highest BCUT2D eigenvalue weighted by Gasteiger charge is 2.11. The van der Waals surface area contributed by atoms with Gasteiger partial charge in [0.25, 0.3) is 0 Å². The molecule has 2 aromatic heterocycles. The molecule has 0 radical (unpaired) electrons. The number of nitrogens with zero attached hydrogens (tertiary/aromatic N) is 1. The normalized spacial score (nSPS) is 10.9. The van der Waals surface area contributed by atoms with Crippen LogP contribution >= 0.6 is 11.3 Å². The minimum absolute atomic E-state index is 0.553. The molecule has 0 aliphatic rings. The number of benzene rings is 2. The van der Waals surface area contributed by atoms with Crippen LogP contribution in [0.3, 0.4) is 0 Å². The standard InChI is InChI=1S/C19H15N3O4S/c1-25-15-6-4-11(8-16(15)26-2)19-22-14(9-27-19)10-3-5-12-13(7-10)21-18(24)17(23)20-12/h3-9H,1-2H3,(H,20,23)(H,21,24). The minimum atomic E-state index is -0.677. The van der Waals surface area contributed by atoms with E-state index >= 15 is 0 Å². The number of thiazole rings is 1. The summed E-state index contributed by atoms with van der Waals surface area (Å²) in [5.74, 6) is 1.30. The van der Waals surface area contributed by atoms with E-state index in [2.05, 4.69) is 15.0 Å². The number of aromatic amines is 2. The number of H-pyrrole nitrogens is 2. The van der Waals surface area contributed by atoms with Crippen LogP contribution in [0.2, 0.25) is 0 Å². The van der Waals surface area contributed by atoms with Crippen molar-refractivity contribution in [2.45, 2.75) is 0 Å². The van der Waals surface area contributed by atoms with Gasteiger partial charge in [-0.15, -0.1) is 11.3 Å². The summed E-state index contributed by atoms with van der Waals surface area (Å²) in [4.78, 5) is 32.8. The number of fused-ring (bicyclic) bond motifs is 1. The Morgan fingerprint density at radius 2 is 1.56 bits per heavy atom. The molecule has 136 valence electrons. The fourth-order valence-corrected chi connectivity index (χ4v) is 3.61. The maximum absolute atomic E-state index is 11.5. The van der Waals surface area contributed by atoms with E-state index in [0.717, 1.165) is 21.8 Å². The molecule has 4 rings (SSSR count). The number of hydrogen-bond acceptors (Lipinski definition) is 6. The lowest BCUT2D eigenvalue weighted by Gasteiger charge is -2.08. The molecule has 27 heavy (non-hydrogen) atoms. The molecule has 8 heteroatoms. The first-order valence-electron chi connectivity index (χ1n) is 8.03. The van der Waals surface area contributed by atoms with Crippen molar-refractivity contribution in [3.63, 3.8) is 0 Å². The van der Waals surface area contributed by atoms with E-state index in [0.29, 0.717) is 22.5 Å². The zero-order chi connectivity index (χ0) is 19.0. The van der Waals surface area contributed by atoms with Gasteiger partial charge in [-0.1, -0.05) is 6.07 Å². The van der Waals surface area contributed by atoms with Crippen LogP contribution in [0.5, 0.6) is 11.5 Å². The molecule has 0 bridgehead atoms. The van der Waals surface area contributed by atoms with Gasteiger partial charge in [0.2, 0.25) is 0 Å². The average molecular weight is 381 g/mol. The summed E-state index contributed by atoms with van der Waals surface area (Å²) in [7, 11) is 3.19. The van der Waals surface area contributed by atoms with Gasteiger partial charge in [0.1, 0.15) is 5.01 Å². The van der Waals surface area contributed by atoms with Crippen LogP contribution in [0.15, 0.2) is 51.4 Å². The van der Waals surface area contributed by atoms with Crippen molar-refractivity contribution in [1.82, 2.24) is 15.0 Å². The summed E-state index contributed by atoms with van der Waals surface area (Å²) in [6.07, 6.45) is 0. The predicted molar refractivity (Wildman–Crippen MR) is 105 cm³/mol. The third-order valence-corrected chi connectivity index (χ3v) is 5.04. The van der Waals surface area contributed by atoms with Crippen LogP contribution < -0.4 is 20.6 Å². The van der Waals surface area contributed by atoms with E-state index < -0.39 is 11.1 Å². The van der Waals surface area contributed by atoms with E-state index in [1.54, 1.807) is 26.4 Å². The van der Waals surface area contributed by atoms with Gasteiger partial charge in [-0.3, -0.25) is 9.59 Å². The first kappa shape index (κ1) is 17.0. The van der Waals surface area contributed by atoms with Gasteiger partial charge in [0.15, 0.2) is 11.5 Å². The maximum atomic E-state index is 11.5. The van der Waals surface area contributed by atoms with Gasteiger partial charge < -0.3 is 19.4 Å². The largest absolute Gasteiger partial charge is 0.493 e. The van der Waals surface area contributed by atoms with Crippen molar-refractivity contribution in [2.24, 2.45) is 0 Å². The highest BCUT2D eigenvalue weighted by Crippen LogP contribution is 2.35. The zero-order valence-electron chi connectivity index (χ0n) is 14.5. The van der Waals surface area contributed by atoms with Crippen molar-refractivity contribution < 1.29 is 9.47 Å². The minimum Gasteiger partial charge on any atom is -0.493 e. The molecule has 0 aliphatic heterocycles.